The summed E-state index contributed by atoms with van der Waals surface area (Å²) in [5.74, 6) is 0.132. The Balaban J connectivity index is 0. The van der Waals surface area contributed by atoms with E-state index >= 15 is 0 Å². The Bertz CT molecular complexity index is 321. The number of carboxylic acids is 1. The van der Waals surface area contributed by atoms with Crippen LogP contribution < -0.4 is 10.6 Å². The van der Waals surface area contributed by atoms with Gasteiger partial charge in [-0.15, -0.1) is 0 Å². The van der Waals surface area contributed by atoms with Crippen molar-refractivity contribution in [1.82, 2.24) is 10.6 Å². The number of aliphatic hydroxyl groups excluding tert-OH is 2. The molecule has 0 heterocycles. The molecule has 0 atom stereocenters. The van der Waals surface area contributed by atoms with E-state index in [4.69, 9.17) is 15.3 Å². The van der Waals surface area contributed by atoms with Crippen molar-refractivity contribution in [2.45, 2.75) is 71.6 Å². The van der Waals surface area contributed by atoms with Gasteiger partial charge < -0.3 is 26.0 Å². The van der Waals surface area contributed by atoms with Gasteiger partial charge in [-0.05, 0) is 25.2 Å². The van der Waals surface area contributed by atoms with Crippen LogP contribution in [0.15, 0.2) is 0 Å². The van der Waals surface area contributed by atoms with Crippen LogP contribution in [0.4, 0.5) is 0 Å². The molecule has 0 rings (SSSR count). The molecule has 0 fully saturated rings. The summed E-state index contributed by atoms with van der Waals surface area (Å²) < 4.78 is 0. The maximum atomic E-state index is 11.5. The summed E-state index contributed by atoms with van der Waals surface area (Å²) in [6.45, 7) is 6.53. The van der Waals surface area contributed by atoms with Gasteiger partial charge in [-0.25, -0.2) is 0 Å². The number of hydrogen-bond donors (Lipinski definition) is 5. The third kappa shape index (κ3) is 27.7. The maximum absolute atomic E-state index is 11.5. The molecule has 7 heteroatoms. The second kappa shape index (κ2) is 21.9. The molecule has 0 bridgehead atoms. The van der Waals surface area contributed by atoms with Crippen LogP contribution in [0.5, 0.6) is 0 Å². The first-order chi connectivity index (χ1) is 12.4. The molecule has 0 unspecified atom stereocenters. The molecule has 0 aliphatic carbocycles. The third-order valence-electron chi connectivity index (χ3n) is 3.65. The van der Waals surface area contributed by atoms with E-state index < -0.39 is 5.97 Å². The lowest BCUT2D eigenvalue weighted by atomic mass is 10.0. The fourth-order valence-electron chi connectivity index (χ4n) is 2.19. The van der Waals surface area contributed by atoms with Crippen LogP contribution in [0.25, 0.3) is 0 Å². The summed E-state index contributed by atoms with van der Waals surface area (Å²) in [6, 6.07) is 0. The normalized spacial score (nSPS) is 10.3. The van der Waals surface area contributed by atoms with Gasteiger partial charge in [0.1, 0.15) is 0 Å². The standard InChI is InChI=1S/C15H29NO3.C4H11NO2/c1-13(2)9-5-3-6-10-14(17)16-12-8-4-7-11-15(18)19;6-3-1-5-2-4-7/h13H,3-12H2,1-2H3,(H,16,17)(H,18,19);5-7H,1-4H2. The number of unbranched alkanes of at least 4 members (excludes halogenated alkanes) is 4. The third-order valence-corrected chi connectivity index (χ3v) is 3.65. The monoisotopic (exact) mass is 376 g/mol. The van der Waals surface area contributed by atoms with Crippen LogP contribution >= 0.6 is 0 Å². The van der Waals surface area contributed by atoms with Crippen molar-refractivity contribution in [3.8, 4) is 0 Å². The molecule has 0 aromatic carbocycles. The van der Waals surface area contributed by atoms with Gasteiger partial charge in [-0.3, -0.25) is 9.59 Å². The van der Waals surface area contributed by atoms with Crippen molar-refractivity contribution < 1.29 is 24.9 Å². The minimum Gasteiger partial charge on any atom is -0.481 e. The highest BCUT2D eigenvalue weighted by molar-refractivity contribution is 5.75. The molecule has 5 N–H and O–H groups in total. The first-order valence-electron chi connectivity index (χ1n) is 9.85. The molecule has 0 saturated carbocycles. The lowest BCUT2D eigenvalue weighted by Crippen LogP contribution is -2.24. The van der Waals surface area contributed by atoms with Gasteiger partial charge in [-0.2, -0.15) is 0 Å². The predicted octanol–water partition coefficient (Wildman–Crippen LogP) is 1.91. The molecule has 156 valence electrons. The highest BCUT2D eigenvalue weighted by Gasteiger charge is 2.01. The van der Waals surface area contributed by atoms with Crippen LogP contribution in [0.1, 0.15) is 71.6 Å². The van der Waals surface area contributed by atoms with Crippen molar-refractivity contribution in [1.29, 1.82) is 0 Å². The smallest absolute Gasteiger partial charge is 0.303 e. The number of rotatable bonds is 16. The van der Waals surface area contributed by atoms with Crippen molar-refractivity contribution in [2.24, 2.45) is 5.92 Å². The van der Waals surface area contributed by atoms with Gasteiger partial charge in [0.15, 0.2) is 0 Å². The Morgan fingerprint density at radius 3 is 1.92 bits per heavy atom. The molecule has 26 heavy (non-hydrogen) atoms. The molecule has 0 saturated heterocycles. The number of aliphatic carboxylic acids is 1. The van der Waals surface area contributed by atoms with Gasteiger partial charge in [0.05, 0.1) is 13.2 Å². The average molecular weight is 377 g/mol. The number of hydrogen-bond acceptors (Lipinski definition) is 5. The lowest BCUT2D eigenvalue weighted by molar-refractivity contribution is -0.137. The van der Waals surface area contributed by atoms with E-state index in [1.165, 1.54) is 12.8 Å². The quantitative estimate of drug-likeness (QED) is 0.263. The second-order valence-electron chi connectivity index (χ2n) is 6.74. The first kappa shape index (κ1) is 27.0. The molecule has 0 aliphatic heterocycles. The van der Waals surface area contributed by atoms with Crippen LogP contribution in [-0.4, -0.2) is 60.0 Å². The Kier molecular flexibility index (Phi) is 22.7. The van der Waals surface area contributed by atoms with Gasteiger partial charge in [0, 0.05) is 32.5 Å². The number of carbonyl (C=O) groups is 2. The summed E-state index contributed by atoms with van der Waals surface area (Å²) in [7, 11) is 0. The zero-order chi connectivity index (χ0) is 20.0. The first-order valence-corrected chi connectivity index (χ1v) is 9.85. The fourth-order valence-corrected chi connectivity index (χ4v) is 2.19. The van der Waals surface area contributed by atoms with Gasteiger partial charge in [0.2, 0.25) is 5.91 Å². The Morgan fingerprint density at radius 1 is 0.808 bits per heavy atom. The topological polar surface area (TPSA) is 119 Å². The van der Waals surface area contributed by atoms with Gasteiger partial charge >= 0.3 is 5.97 Å². The minimum atomic E-state index is -0.745. The molecule has 0 radical (unpaired) electrons. The Morgan fingerprint density at radius 2 is 1.38 bits per heavy atom. The highest BCUT2D eigenvalue weighted by atomic mass is 16.4. The zero-order valence-electron chi connectivity index (χ0n) is 16.6. The number of aliphatic hydroxyl groups is 2. The van der Waals surface area contributed by atoms with Crippen LogP contribution in [0.3, 0.4) is 0 Å². The molecule has 0 aliphatic rings. The molecule has 0 spiro atoms. The molecule has 7 nitrogen and oxygen atoms in total. The fraction of sp³-hybridized carbons (Fsp3) is 0.895. The SMILES string of the molecule is CC(C)CCCCCC(=O)NCCCCCC(=O)O.OCCNCCO. The number of carboxylic acid groups (broad SMARTS) is 1. The van der Waals surface area contributed by atoms with Crippen LogP contribution in [-0.2, 0) is 9.59 Å². The lowest BCUT2D eigenvalue weighted by Gasteiger charge is -2.06. The van der Waals surface area contributed by atoms with E-state index in [-0.39, 0.29) is 25.5 Å². The average Bonchev–Trinajstić information content (AvgIpc) is 2.58. The predicted molar refractivity (Wildman–Crippen MR) is 104 cm³/mol. The number of nitrogens with one attached hydrogen (secondary N) is 2. The second-order valence-corrected chi connectivity index (χ2v) is 6.74. The Hall–Kier alpha value is -1.18. The summed E-state index contributed by atoms with van der Waals surface area (Å²) in [6.07, 6.45) is 7.82. The van der Waals surface area contributed by atoms with E-state index in [1.807, 2.05) is 0 Å². The van der Waals surface area contributed by atoms with Crippen molar-refractivity contribution >= 4 is 11.9 Å². The molecule has 1 amide bonds. The minimum absolute atomic E-state index is 0.128. The number of amides is 1. The maximum Gasteiger partial charge on any atom is 0.303 e. The summed E-state index contributed by atoms with van der Waals surface area (Å²) >= 11 is 0. The van der Waals surface area contributed by atoms with Gasteiger partial charge in [-0.1, -0.05) is 39.5 Å². The van der Waals surface area contributed by atoms with Crippen molar-refractivity contribution in [2.75, 3.05) is 32.8 Å². The van der Waals surface area contributed by atoms with Crippen molar-refractivity contribution in [3.63, 3.8) is 0 Å². The molecular formula is C19H40N2O5. The summed E-state index contributed by atoms with van der Waals surface area (Å²) in [4.78, 5) is 21.8. The Labute approximate surface area is 158 Å². The van der Waals surface area contributed by atoms with E-state index in [0.29, 0.717) is 32.5 Å². The van der Waals surface area contributed by atoms with Crippen LogP contribution in [0, 0.1) is 5.92 Å². The molecule has 0 aromatic rings. The van der Waals surface area contributed by atoms with E-state index in [1.54, 1.807) is 0 Å². The summed E-state index contributed by atoms with van der Waals surface area (Å²) in [5.41, 5.74) is 0. The summed E-state index contributed by atoms with van der Waals surface area (Å²) in [5, 5.41) is 30.4. The van der Waals surface area contributed by atoms with Crippen LogP contribution in [0.2, 0.25) is 0 Å². The highest BCUT2D eigenvalue weighted by Crippen LogP contribution is 2.09. The van der Waals surface area contributed by atoms with Gasteiger partial charge in [0.25, 0.3) is 0 Å². The zero-order valence-corrected chi connectivity index (χ0v) is 16.6. The van der Waals surface area contributed by atoms with E-state index in [0.717, 1.165) is 31.6 Å². The molecule has 0 aromatic heterocycles. The van der Waals surface area contributed by atoms with E-state index in [9.17, 15) is 9.59 Å². The molecular weight excluding hydrogens is 336 g/mol. The van der Waals surface area contributed by atoms with E-state index in [2.05, 4.69) is 24.5 Å². The van der Waals surface area contributed by atoms with Crippen molar-refractivity contribution in [3.05, 3.63) is 0 Å². The number of carbonyl (C=O) groups excluding carboxylic acids is 1. The largest absolute Gasteiger partial charge is 0.481 e.